The zero-order valence-corrected chi connectivity index (χ0v) is 15.7. The maximum absolute atomic E-state index is 12.6. The van der Waals surface area contributed by atoms with E-state index in [0.29, 0.717) is 5.56 Å². The highest BCUT2D eigenvalue weighted by molar-refractivity contribution is 6.05. The van der Waals surface area contributed by atoms with Crippen molar-refractivity contribution in [2.24, 2.45) is 0 Å². The van der Waals surface area contributed by atoms with E-state index in [4.69, 9.17) is 0 Å². The fourth-order valence-electron chi connectivity index (χ4n) is 3.50. The fraction of sp³-hybridized carbons (Fsp3) is 0.261. The Morgan fingerprint density at radius 2 is 1.59 bits per heavy atom. The van der Waals surface area contributed by atoms with Crippen LogP contribution in [-0.4, -0.2) is 48.9 Å². The molecule has 0 radical (unpaired) electrons. The van der Waals surface area contributed by atoms with Crippen LogP contribution >= 0.6 is 0 Å². The minimum atomic E-state index is -0.0728. The number of hydrogen-bond donors (Lipinski definition) is 1. The Labute approximate surface area is 160 Å². The van der Waals surface area contributed by atoms with Crippen LogP contribution in [0.5, 0.6) is 0 Å². The van der Waals surface area contributed by atoms with E-state index in [1.807, 2.05) is 42.5 Å². The number of hydrogen-bond acceptors (Lipinski definition) is 3. The van der Waals surface area contributed by atoms with Crippen LogP contribution in [0.3, 0.4) is 0 Å². The predicted octanol–water partition coefficient (Wildman–Crippen LogP) is 3.84. The number of nitrogens with one attached hydrogen (secondary N) is 1. The lowest BCUT2D eigenvalue weighted by Crippen LogP contribution is -2.43. The Balaban J connectivity index is 1.39. The lowest BCUT2D eigenvalue weighted by Gasteiger charge is -2.32. The molecule has 27 heavy (non-hydrogen) atoms. The van der Waals surface area contributed by atoms with Gasteiger partial charge < -0.3 is 10.2 Å². The van der Waals surface area contributed by atoms with Gasteiger partial charge in [0.15, 0.2) is 0 Å². The van der Waals surface area contributed by atoms with E-state index in [1.165, 1.54) is 10.9 Å². The van der Waals surface area contributed by atoms with Crippen molar-refractivity contribution in [3.05, 3.63) is 77.9 Å². The average Bonchev–Trinajstić information content (AvgIpc) is 2.70. The average molecular weight is 359 g/mol. The highest BCUT2D eigenvalue weighted by Gasteiger charge is 2.14. The Bertz CT molecular complexity index is 928. The van der Waals surface area contributed by atoms with Gasteiger partial charge in [0.25, 0.3) is 5.91 Å². The number of nitrogens with zero attached hydrogens (tertiary/aromatic N) is 2. The number of benzene rings is 3. The van der Waals surface area contributed by atoms with Crippen LogP contribution in [0.25, 0.3) is 10.8 Å². The largest absolute Gasteiger partial charge is 0.322 e. The third-order valence-corrected chi connectivity index (χ3v) is 5.23. The molecule has 4 rings (SSSR count). The first-order valence-corrected chi connectivity index (χ1v) is 9.47. The first-order chi connectivity index (χ1) is 13.2. The molecular weight excluding hydrogens is 334 g/mol. The van der Waals surface area contributed by atoms with Crippen molar-refractivity contribution >= 4 is 22.4 Å². The molecule has 1 fully saturated rings. The fourth-order valence-corrected chi connectivity index (χ4v) is 3.50. The summed E-state index contributed by atoms with van der Waals surface area (Å²) in [5.74, 6) is -0.0728. The zero-order chi connectivity index (χ0) is 18.6. The molecule has 0 spiro atoms. The van der Waals surface area contributed by atoms with Gasteiger partial charge in [-0.3, -0.25) is 9.69 Å². The van der Waals surface area contributed by atoms with Gasteiger partial charge in [0.1, 0.15) is 0 Å². The molecule has 1 aliphatic heterocycles. The Morgan fingerprint density at radius 3 is 2.33 bits per heavy atom. The van der Waals surface area contributed by atoms with Crippen LogP contribution in [0.15, 0.2) is 66.7 Å². The molecule has 0 aliphatic carbocycles. The number of rotatable bonds is 4. The minimum Gasteiger partial charge on any atom is -0.322 e. The summed E-state index contributed by atoms with van der Waals surface area (Å²) < 4.78 is 0. The maximum Gasteiger partial charge on any atom is 0.255 e. The molecule has 0 bridgehead atoms. The molecule has 0 aromatic heterocycles. The second-order valence-corrected chi connectivity index (χ2v) is 7.29. The number of carbonyl (C=O) groups is 1. The lowest BCUT2D eigenvalue weighted by atomic mass is 10.1. The highest BCUT2D eigenvalue weighted by atomic mass is 16.1. The Morgan fingerprint density at radius 1 is 0.889 bits per heavy atom. The monoisotopic (exact) mass is 359 g/mol. The second kappa shape index (κ2) is 7.91. The van der Waals surface area contributed by atoms with E-state index in [0.717, 1.165) is 43.8 Å². The van der Waals surface area contributed by atoms with Gasteiger partial charge in [-0.15, -0.1) is 0 Å². The van der Waals surface area contributed by atoms with Gasteiger partial charge in [0.05, 0.1) is 0 Å². The van der Waals surface area contributed by atoms with E-state index in [1.54, 1.807) is 0 Å². The SMILES string of the molecule is CN1CCN(Cc2ccc(C(=O)Nc3ccc4ccccc4c3)cc2)CC1. The third-order valence-electron chi connectivity index (χ3n) is 5.23. The van der Waals surface area contributed by atoms with Gasteiger partial charge in [0, 0.05) is 44.0 Å². The summed E-state index contributed by atoms with van der Waals surface area (Å²) in [6.07, 6.45) is 0. The summed E-state index contributed by atoms with van der Waals surface area (Å²) in [7, 11) is 2.17. The quantitative estimate of drug-likeness (QED) is 0.769. The summed E-state index contributed by atoms with van der Waals surface area (Å²) in [5, 5.41) is 5.29. The maximum atomic E-state index is 12.6. The van der Waals surface area contributed by atoms with Crippen molar-refractivity contribution < 1.29 is 4.79 Å². The molecule has 0 unspecified atom stereocenters. The van der Waals surface area contributed by atoms with Crippen molar-refractivity contribution in [2.45, 2.75) is 6.54 Å². The molecule has 0 atom stereocenters. The van der Waals surface area contributed by atoms with Crippen molar-refractivity contribution in [3.63, 3.8) is 0 Å². The number of fused-ring (bicyclic) bond motifs is 1. The molecule has 4 heteroatoms. The normalized spacial score (nSPS) is 15.7. The van der Waals surface area contributed by atoms with Crippen LogP contribution in [0.4, 0.5) is 5.69 Å². The van der Waals surface area contributed by atoms with Crippen LogP contribution in [0.1, 0.15) is 15.9 Å². The summed E-state index contributed by atoms with van der Waals surface area (Å²) >= 11 is 0. The predicted molar refractivity (Wildman–Crippen MR) is 111 cm³/mol. The molecule has 1 heterocycles. The molecule has 4 nitrogen and oxygen atoms in total. The van der Waals surface area contributed by atoms with Gasteiger partial charge in [-0.25, -0.2) is 0 Å². The topological polar surface area (TPSA) is 35.6 Å². The lowest BCUT2D eigenvalue weighted by molar-refractivity contribution is 0.102. The number of amides is 1. The van der Waals surface area contributed by atoms with E-state index >= 15 is 0 Å². The van der Waals surface area contributed by atoms with Crippen LogP contribution in [0, 0.1) is 0 Å². The molecule has 1 saturated heterocycles. The Kier molecular flexibility index (Phi) is 5.19. The highest BCUT2D eigenvalue weighted by Crippen LogP contribution is 2.19. The molecule has 0 saturated carbocycles. The van der Waals surface area contributed by atoms with Crippen LogP contribution in [0.2, 0.25) is 0 Å². The van der Waals surface area contributed by atoms with Gasteiger partial charge in [-0.1, -0.05) is 42.5 Å². The molecule has 1 aliphatic rings. The summed E-state index contributed by atoms with van der Waals surface area (Å²) in [6, 6.07) is 22.1. The number of piperazine rings is 1. The summed E-state index contributed by atoms with van der Waals surface area (Å²) in [4.78, 5) is 17.4. The standard InChI is InChI=1S/C23H25N3O/c1-25-12-14-26(15-13-25)17-18-6-8-20(9-7-18)23(27)24-22-11-10-19-4-2-3-5-21(19)16-22/h2-11,16H,12-15,17H2,1H3,(H,24,27). The molecule has 3 aromatic rings. The smallest absolute Gasteiger partial charge is 0.255 e. The third kappa shape index (κ3) is 4.35. The van der Waals surface area contributed by atoms with E-state index in [-0.39, 0.29) is 5.91 Å². The van der Waals surface area contributed by atoms with Crippen LogP contribution < -0.4 is 5.32 Å². The second-order valence-electron chi connectivity index (χ2n) is 7.29. The number of anilines is 1. The van der Waals surface area contributed by atoms with Crippen molar-refractivity contribution in [1.29, 1.82) is 0 Å². The van der Waals surface area contributed by atoms with Crippen molar-refractivity contribution in [1.82, 2.24) is 9.80 Å². The van der Waals surface area contributed by atoms with Gasteiger partial charge in [-0.2, -0.15) is 0 Å². The number of carbonyl (C=O) groups excluding carboxylic acids is 1. The first kappa shape index (κ1) is 17.7. The molecular formula is C23H25N3O. The first-order valence-electron chi connectivity index (χ1n) is 9.47. The summed E-state index contributed by atoms with van der Waals surface area (Å²) in [5.41, 5.74) is 2.76. The number of likely N-dealkylation sites (N-methyl/N-ethyl adjacent to an activating group) is 1. The zero-order valence-electron chi connectivity index (χ0n) is 15.7. The molecule has 138 valence electrons. The van der Waals surface area contributed by atoms with Gasteiger partial charge in [0.2, 0.25) is 0 Å². The van der Waals surface area contributed by atoms with Gasteiger partial charge in [-0.05, 0) is 47.6 Å². The van der Waals surface area contributed by atoms with E-state index < -0.39 is 0 Å². The van der Waals surface area contributed by atoms with Gasteiger partial charge >= 0.3 is 0 Å². The van der Waals surface area contributed by atoms with E-state index in [2.05, 4.69) is 46.4 Å². The Hall–Kier alpha value is -2.69. The van der Waals surface area contributed by atoms with E-state index in [9.17, 15) is 4.79 Å². The minimum absolute atomic E-state index is 0.0728. The summed E-state index contributed by atoms with van der Waals surface area (Å²) in [6.45, 7) is 5.38. The van der Waals surface area contributed by atoms with Crippen molar-refractivity contribution in [2.75, 3.05) is 38.5 Å². The van der Waals surface area contributed by atoms with Crippen molar-refractivity contribution in [3.8, 4) is 0 Å². The molecule has 1 N–H and O–H groups in total. The molecule has 3 aromatic carbocycles. The molecule has 1 amide bonds. The van der Waals surface area contributed by atoms with Crippen LogP contribution in [-0.2, 0) is 6.54 Å².